The zero-order valence-electron chi connectivity index (χ0n) is 12.9. The highest BCUT2D eigenvalue weighted by Gasteiger charge is 2.28. The predicted octanol–water partition coefficient (Wildman–Crippen LogP) is 5.18. The van der Waals surface area contributed by atoms with Gasteiger partial charge in [-0.3, -0.25) is 10.1 Å². The van der Waals surface area contributed by atoms with Crippen LogP contribution in [0.5, 0.6) is 0 Å². The number of anilines is 1. The van der Waals surface area contributed by atoms with Crippen LogP contribution in [0.3, 0.4) is 0 Å². The number of hydrogen-bond donors (Lipinski definition) is 1. The molecule has 5 heteroatoms. The Balaban J connectivity index is 2.22. The van der Waals surface area contributed by atoms with Gasteiger partial charge in [0, 0.05) is 17.8 Å². The van der Waals surface area contributed by atoms with Gasteiger partial charge < -0.3 is 5.32 Å². The lowest BCUT2D eigenvalue weighted by Crippen LogP contribution is -2.35. The SMILES string of the molecule is Cc1cc([N+](=O)[O-])c(Cl)cc1NC1CCCCC1C(C)C. The molecule has 2 atom stereocenters. The molecule has 116 valence electrons. The molecule has 21 heavy (non-hydrogen) atoms. The number of nitrogens with zero attached hydrogens (tertiary/aromatic N) is 1. The van der Waals surface area contributed by atoms with Gasteiger partial charge in [-0.1, -0.05) is 38.3 Å². The number of aryl methyl sites for hydroxylation is 1. The van der Waals surface area contributed by atoms with Crippen LogP contribution in [0.1, 0.15) is 45.1 Å². The number of benzene rings is 1. The Morgan fingerprint density at radius 2 is 2.00 bits per heavy atom. The minimum absolute atomic E-state index is 0.0243. The first-order chi connectivity index (χ1) is 9.90. The molecule has 0 spiro atoms. The quantitative estimate of drug-likeness (QED) is 0.615. The number of halogens is 1. The van der Waals surface area contributed by atoms with Crippen molar-refractivity contribution in [3.8, 4) is 0 Å². The molecule has 1 aromatic carbocycles. The Kier molecular flexibility index (Phi) is 5.09. The predicted molar refractivity (Wildman–Crippen MR) is 87.1 cm³/mol. The van der Waals surface area contributed by atoms with Crippen molar-refractivity contribution in [2.24, 2.45) is 11.8 Å². The summed E-state index contributed by atoms with van der Waals surface area (Å²) >= 11 is 6.03. The summed E-state index contributed by atoms with van der Waals surface area (Å²) in [5.41, 5.74) is 1.77. The zero-order chi connectivity index (χ0) is 15.6. The number of rotatable bonds is 4. The van der Waals surface area contributed by atoms with Crippen molar-refractivity contribution in [1.29, 1.82) is 0 Å². The Bertz CT molecular complexity index is 531. The summed E-state index contributed by atoms with van der Waals surface area (Å²) in [7, 11) is 0. The van der Waals surface area contributed by atoms with Gasteiger partial charge >= 0.3 is 0 Å². The molecule has 0 saturated heterocycles. The molecule has 1 fully saturated rings. The number of nitrogens with one attached hydrogen (secondary N) is 1. The van der Waals surface area contributed by atoms with Gasteiger partial charge in [-0.05, 0) is 43.2 Å². The zero-order valence-corrected chi connectivity index (χ0v) is 13.6. The van der Waals surface area contributed by atoms with E-state index in [1.807, 2.05) is 6.92 Å². The Morgan fingerprint density at radius 3 is 2.62 bits per heavy atom. The van der Waals surface area contributed by atoms with E-state index in [1.54, 1.807) is 12.1 Å². The number of nitro groups is 1. The smallest absolute Gasteiger partial charge is 0.288 e. The van der Waals surface area contributed by atoms with Crippen molar-refractivity contribution >= 4 is 23.0 Å². The lowest BCUT2D eigenvalue weighted by molar-refractivity contribution is -0.384. The van der Waals surface area contributed by atoms with Crippen LogP contribution in [0.4, 0.5) is 11.4 Å². The average Bonchev–Trinajstić information content (AvgIpc) is 2.42. The standard InChI is InChI=1S/C16H23ClN2O2/c1-10(2)12-6-4-5-7-14(12)18-15-9-13(17)16(19(20)21)8-11(15)3/h8-10,12,14,18H,4-7H2,1-3H3. The second kappa shape index (κ2) is 6.65. The maximum Gasteiger partial charge on any atom is 0.288 e. The number of nitro benzene ring substituents is 1. The highest BCUT2D eigenvalue weighted by atomic mass is 35.5. The third-order valence-electron chi connectivity index (χ3n) is 4.51. The molecule has 2 rings (SSSR count). The monoisotopic (exact) mass is 310 g/mol. The minimum Gasteiger partial charge on any atom is -0.382 e. The summed E-state index contributed by atoms with van der Waals surface area (Å²) < 4.78 is 0. The summed E-state index contributed by atoms with van der Waals surface area (Å²) in [4.78, 5) is 10.5. The molecule has 0 aromatic heterocycles. The van der Waals surface area contributed by atoms with Gasteiger partial charge in [-0.25, -0.2) is 0 Å². The Hall–Kier alpha value is -1.29. The summed E-state index contributed by atoms with van der Waals surface area (Å²) in [6.07, 6.45) is 4.92. The van der Waals surface area contributed by atoms with E-state index < -0.39 is 4.92 Å². The van der Waals surface area contributed by atoms with E-state index >= 15 is 0 Å². The molecule has 0 aliphatic heterocycles. The molecular weight excluding hydrogens is 288 g/mol. The van der Waals surface area contributed by atoms with E-state index in [4.69, 9.17) is 11.6 Å². The molecule has 1 N–H and O–H groups in total. The van der Waals surface area contributed by atoms with Crippen molar-refractivity contribution in [3.05, 3.63) is 32.8 Å². The van der Waals surface area contributed by atoms with Gasteiger partial charge in [-0.2, -0.15) is 0 Å². The van der Waals surface area contributed by atoms with Crippen LogP contribution in [0, 0.1) is 28.9 Å². The van der Waals surface area contributed by atoms with Crippen LogP contribution in [0.2, 0.25) is 5.02 Å². The molecule has 0 bridgehead atoms. The first-order valence-corrected chi connectivity index (χ1v) is 7.99. The first kappa shape index (κ1) is 16.1. The van der Waals surface area contributed by atoms with Crippen molar-refractivity contribution in [2.75, 3.05) is 5.32 Å². The van der Waals surface area contributed by atoms with Gasteiger partial charge in [0.1, 0.15) is 5.02 Å². The molecule has 1 saturated carbocycles. The van der Waals surface area contributed by atoms with Crippen LogP contribution < -0.4 is 5.32 Å². The van der Waals surface area contributed by atoms with Crippen LogP contribution in [0.15, 0.2) is 12.1 Å². The van der Waals surface area contributed by atoms with Crippen molar-refractivity contribution in [3.63, 3.8) is 0 Å². The highest BCUT2D eigenvalue weighted by Crippen LogP contribution is 2.35. The molecule has 4 nitrogen and oxygen atoms in total. The Morgan fingerprint density at radius 1 is 1.33 bits per heavy atom. The van der Waals surface area contributed by atoms with Crippen molar-refractivity contribution < 1.29 is 4.92 Å². The molecule has 1 aliphatic carbocycles. The molecule has 2 unspecified atom stereocenters. The molecule has 1 aliphatic rings. The van der Waals surface area contributed by atoms with Gasteiger partial charge in [0.2, 0.25) is 0 Å². The normalized spacial score (nSPS) is 22.3. The average molecular weight is 311 g/mol. The lowest BCUT2D eigenvalue weighted by atomic mass is 9.77. The van der Waals surface area contributed by atoms with Crippen LogP contribution in [-0.4, -0.2) is 11.0 Å². The van der Waals surface area contributed by atoms with E-state index in [9.17, 15) is 10.1 Å². The van der Waals surface area contributed by atoms with Crippen LogP contribution >= 0.6 is 11.6 Å². The van der Waals surface area contributed by atoms with Crippen molar-refractivity contribution in [2.45, 2.75) is 52.5 Å². The van der Waals surface area contributed by atoms with Crippen LogP contribution in [0.25, 0.3) is 0 Å². The second-order valence-corrected chi connectivity index (χ2v) is 6.73. The molecule has 0 heterocycles. The molecule has 0 radical (unpaired) electrons. The van der Waals surface area contributed by atoms with E-state index in [-0.39, 0.29) is 10.7 Å². The molecule has 0 amide bonds. The largest absolute Gasteiger partial charge is 0.382 e. The minimum atomic E-state index is -0.434. The van der Waals surface area contributed by atoms with Gasteiger partial charge in [-0.15, -0.1) is 0 Å². The fourth-order valence-electron chi connectivity index (χ4n) is 3.30. The summed E-state index contributed by atoms with van der Waals surface area (Å²) in [5, 5.41) is 14.7. The van der Waals surface area contributed by atoms with E-state index in [2.05, 4.69) is 19.2 Å². The van der Waals surface area contributed by atoms with E-state index in [0.717, 1.165) is 17.7 Å². The highest BCUT2D eigenvalue weighted by molar-refractivity contribution is 6.33. The third-order valence-corrected chi connectivity index (χ3v) is 4.81. The fourth-order valence-corrected chi connectivity index (χ4v) is 3.53. The van der Waals surface area contributed by atoms with Gasteiger partial charge in [0.05, 0.1) is 4.92 Å². The second-order valence-electron chi connectivity index (χ2n) is 6.32. The Labute approximate surface area is 131 Å². The third kappa shape index (κ3) is 3.67. The first-order valence-electron chi connectivity index (χ1n) is 7.61. The van der Waals surface area contributed by atoms with Gasteiger partial charge in [0.25, 0.3) is 5.69 Å². The molecular formula is C16H23ClN2O2. The summed E-state index contributed by atoms with van der Waals surface area (Å²) in [6, 6.07) is 3.67. The topological polar surface area (TPSA) is 55.2 Å². The maximum absolute atomic E-state index is 10.9. The van der Waals surface area contributed by atoms with E-state index in [0.29, 0.717) is 17.9 Å². The van der Waals surface area contributed by atoms with Crippen molar-refractivity contribution in [1.82, 2.24) is 0 Å². The summed E-state index contributed by atoms with van der Waals surface area (Å²) in [5.74, 6) is 1.28. The lowest BCUT2D eigenvalue weighted by Gasteiger charge is -2.36. The van der Waals surface area contributed by atoms with E-state index in [1.165, 1.54) is 19.3 Å². The maximum atomic E-state index is 10.9. The number of hydrogen-bond acceptors (Lipinski definition) is 3. The molecule has 1 aromatic rings. The summed E-state index contributed by atoms with van der Waals surface area (Å²) in [6.45, 7) is 6.42. The van der Waals surface area contributed by atoms with Crippen LogP contribution in [-0.2, 0) is 0 Å². The fraction of sp³-hybridized carbons (Fsp3) is 0.625. The van der Waals surface area contributed by atoms with Gasteiger partial charge in [0.15, 0.2) is 0 Å².